The zero-order valence-electron chi connectivity index (χ0n) is 14.4. The van der Waals surface area contributed by atoms with Crippen LogP contribution < -0.4 is 11.1 Å². The molecule has 0 radical (unpaired) electrons. The Bertz CT molecular complexity index is 753. The van der Waals surface area contributed by atoms with Crippen molar-refractivity contribution < 1.29 is 14.0 Å². The van der Waals surface area contributed by atoms with Crippen molar-refractivity contribution in [3.8, 4) is 0 Å². The number of carbonyl (C=O) groups is 2. The SMILES string of the molecule is NC(=O)c1ccsc1NC(=O)CSc1nnc(CCC2CCCCC2)o1. The van der Waals surface area contributed by atoms with Crippen molar-refractivity contribution in [3.05, 3.63) is 22.9 Å². The van der Waals surface area contributed by atoms with Crippen LogP contribution in [-0.2, 0) is 11.2 Å². The zero-order valence-corrected chi connectivity index (χ0v) is 16.0. The average molecular weight is 395 g/mol. The molecule has 3 rings (SSSR count). The number of nitrogens with two attached hydrogens (primary N) is 1. The number of amides is 2. The summed E-state index contributed by atoms with van der Waals surface area (Å²) in [6.07, 6.45) is 8.48. The molecule has 1 saturated carbocycles. The molecule has 2 aromatic heterocycles. The van der Waals surface area contributed by atoms with E-state index in [0.29, 0.717) is 21.7 Å². The van der Waals surface area contributed by atoms with Crippen LogP contribution >= 0.6 is 23.1 Å². The normalized spacial score (nSPS) is 15.1. The molecule has 0 unspecified atom stereocenters. The molecule has 0 spiro atoms. The van der Waals surface area contributed by atoms with E-state index in [1.54, 1.807) is 11.4 Å². The number of nitrogens with zero attached hydrogens (tertiary/aromatic N) is 2. The minimum Gasteiger partial charge on any atom is -0.416 e. The Balaban J connectivity index is 1.43. The predicted octanol–water partition coefficient (Wildman–Crippen LogP) is 3.47. The van der Waals surface area contributed by atoms with Crippen LogP contribution in [0.1, 0.15) is 54.8 Å². The van der Waals surface area contributed by atoms with E-state index in [0.717, 1.165) is 18.8 Å². The summed E-state index contributed by atoms with van der Waals surface area (Å²) in [6, 6.07) is 1.59. The number of thiophene rings is 1. The summed E-state index contributed by atoms with van der Waals surface area (Å²) in [5.74, 6) is 0.714. The van der Waals surface area contributed by atoms with E-state index in [1.807, 2.05) is 0 Å². The molecule has 26 heavy (non-hydrogen) atoms. The lowest BCUT2D eigenvalue weighted by atomic mass is 9.86. The van der Waals surface area contributed by atoms with Crippen molar-refractivity contribution in [1.29, 1.82) is 0 Å². The van der Waals surface area contributed by atoms with Crippen LogP contribution in [0.3, 0.4) is 0 Å². The fraction of sp³-hybridized carbons (Fsp3) is 0.529. The molecule has 140 valence electrons. The van der Waals surface area contributed by atoms with Gasteiger partial charge in [0.25, 0.3) is 11.1 Å². The minimum absolute atomic E-state index is 0.125. The number of nitrogens with one attached hydrogen (secondary N) is 1. The summed E-state index contributed by atoms with van der Waals surface area (Å²) in [5.41, 5.74) is 5.58. The second-order valence-corrected chi connectivity index (χ2v) is 8.21. The Kier molecular flexibility index (Phi) is 6.67. The Hall–Kier alpha value is -1.87. The van der Waals surface area contributed by atoms with Gasteiger partial charge in [-0.05, 0) is 23.8 Å². The maximum atomic E-state index is 12.0. The summed E-state index contributed by atoms with van der Waals surface area (Å²) in [7, 11) is 0. The maximum absolute atomic E-state index is 12.0. The highest BCUT2D eigenvalue weighted by atomic mass is 32.2. The number of aromatic nitrogens is 2. The summed E-state index contributed by atoms with van der Waals surface area (Å²) >= 11 is 2.44. The molecule has 0 aromatic carbocycles. The highest BCUT2D eigenvalue weighted by Gasteiger charge is 2.16. The summed E-state index contributed by atoms with van der Waals surface area (Å²) in [5, 5.41) is 13.3. The number of hydrogen-bond acceptors (Lipinski definition) is 7. The van der Waals surface area contributed by atoms with Crippen molar-refractivity contribution in [3.63, 3.8) is 0 Å². The van der Waals surface area contributed by atoms with Gasteiger partial charge >= 0.3 is 0 Å². The monoisotopic (exact) mass is 394 g/mol. The van der Waals surface area contributed by atoms with Gasteiger partial charge in [-0.15, -0.1) is 21.5 Å². The van der Waals surface area contributed by atoms with Crippen molar-refractivity contribution in [2.75, 3.05) is 11.1 Å². The van der Waals surface area contributed by atoms with Crippen LogP contribution in [-0.4, -0.2) is 27.8 Å². The molecule has 0 aliphatic heterocycles. The average Bonchev–Trinajstić information content (AvgIpc) is 3.28. The van der Waals surface area contributed by atoms with Gasteiger partial charge in [0, 0.05) is 6.42 Å². The lowest BCUT2D eigenvalue weighted by Gasteiger charge is -2.20. The van der Waals surface area contributed by atoms with Gasteiger partial charge in [0.05, 0.1) is 11.3 Å². The second kappa shape index (κ2) is 9.18. The highest BCUT2D eigenvalue weighted by molar-refractivity contribution is 7.99. The number of rotatable bonds is 8. The van der Waals surface area contributed by atoms with E-state index < -0.39 is 5.91 Å². The van der Waals surface area contributed by atoms with Gasteiger partial charge < -0.3 is 15.5 Å². The number of anilines is 1. The smallest absolute Gasteiger partial charge is 0.277 e. The summed E-state index contributed by atoms with van der Waals surface area (Å²) < 4.78 is 5.61. The predicted molar refractivity (Wildman–Crippen MR) is 101 cm³/mol. The molecule has 2 heterocycles. The quantitative estimate of drug-likeness (QED) is 0.663. The van der Waals surface area contributed by atoms with Crippen molar-refractivity contribution in [2.45, 2.75) is 50.2 Å². The number of carbonyl (C=O) groups excluding carboxylic acids is 2. The van der Waals surface area contributed by atoms with Crippen LogP contribution in [0.4, 0.5) is 5.00 Å². The van der Waals surface area contributed by atoms with Gasteiger partial charge in [-0.3, -0.25) is 9.59 Å². The standard InChI is InChI=1S/C17H22N4O3S2/c18-15(23)12-8-9-25-16(12)19-13(22)10-26-17-21-20-14(24-17)7-6-11-4-2-1-3-5-11/h8-9,11H,1-7,10H2,(H2,18,23)(H,19,22). The maximum Gasteiger partial charge on any atom is 0.277 e. The van der Waals surface area contributed by atoms with Crippen LogP contribution in [0.15, 0.2) is 21.1 Å². The third kappa shape index (κ3) is 5.31. The van der Waals surface area contributed by atoms with Crippen molar-refractivity contribution in [2.24, 2.45) is 11.7 Å². The van der Waals surface area contributed by atoms with Gasteiger partial charge in [-0.25, -0.2) is 0 Å². The molecule has 1 aliphatic rings. The molecule has 9 heteroatoms. The van der Waals surface area contributed by atoms with Gasteiger partial charge in [0.1, 0.15) is 5.00 Å². The fourth-order valence-corrected chi connectivity index (χ4v) is 4.48. The first kappa shape index (κ1) is 18.9. The Morgan fingerprint density at radius 1 is 1.31 bits per heavy atom. The third-order valence-electron chi connectivity index (χ3n) is 4.45. The fourth-order valence-electron chi connectivity index (χ4n) is 3.09. The molecule has 2 amide bonds. The highest BCUT2D eigenvalue weighted by Crippen LogP contribution is 2.28. The number of hydrogen-bond donors (Lipinski definition) is 2. The molecule has 0 saturated heterocycles. The van der Waals surface area contributed by atoms with E-state index in [1.165, 1.54) is 55.2 Å². The lowest BCUT2D eigenvalue weighted by molar-refractivity contribution is -0.113. The first-order chi connectivity index (χ1) is 12.6. The van der Waals surface area contributed by atoms with E-state index in [9.17, 15) is 9.59 Å². The molecule has 1 aliphatic carbocycles. The molecular formula is C17H22N4O3S2. The van der Waals surface area contributed by atoms with Gasteiger partial charge in [0.2, 0.25) is 11.8 Å². The molecular weight excluding hydrogens is 372 g/mol. The van der Waals surface area contributed by atoms with Gasteiger partial charge in [-0.2, -0.15) is 0 Å². The van der Waals surface area contributed by atoms with Crippen molar-refractivity contribution in [1.82, 2.24) is 10.2 Å². The summed E-state index contributed by atoms with van der Waals surface area (Å²) in [4.78, 5) is 23.3. The molecule has 2 aromatic rings. The number of thioether (sulfide) groups is 1. The lowest BCUT2D eigenvalue weighted by Crippen LogP contribution is -2.17. The van der Waals surface area contributed by atoms with Gasteiger partial charge in [0.15, 0.2) is 0 Å². The summed E-state index contributed by atoms with van der Waals surface area (Å²) in [6.45, 7) is 0. The minimum atomic E-state index is -0.561. The zero-order chi connectivity index (χ0) is 18.4. The third-order valence-corrected chi connectivity index (χ3v) is 6.10. The molecule has 7 nitrogen and oxygen atoms in total. The largest absolute Gasteiger partial charge is 0.416 e. The molecule has 0 atom stereocenters. The molecule has 0 bridgehead atoms. The van der Waals surface area contributed by atoms with Crippen LogP contribution in [0.2, 0.25) is 0 Å². The topological polar surface area (TPSA) is 111 Å². The first-order valence-corrected chi connectivity index (χ1v) is 10.6. The number of primary amides is 1. The van der Waals surface area contributed by atoms with Crippen LogP contribution in [0.25, 0.3) is 0 Å². The van der Waals surface area contributed by atoms with E-state index in [2.05, 4.69) is 15.5 Å². The van der Waals surface area contributed by atoms with Crippen LogP contribution in [0.5, 0.6) is 0 Å². The van der Waals surface area contributed by atoms with E-state index in [-0.39, 0.29) is 11.7 Å². The Morgan fingerprint density at radius 3 is 2.88 bits per heavy atom. The Morgan fingerprint density at radius 2 is 2.12 bits per heavy atom. The Labute approximate surface area is 160 Å². The molecule has 3 N–H and O–H groups in total. The van der Waals surface area contributed by atoms with Crippen LogP contribution in [0, 0.1) is 5.92 Å². The second-order valence-electron chi connectivity index (χ2n) is 6.37. The number of aryl methyl sites for hydroxylation is 1. The van der Waals surface area contributed by atoms with E-state index in [4.69, 9.17) is 10.2 Å². The molecule has 1 fully saturated rings. The first-order valence-electron chi connectivity index (χ1n) is 8.74. The van der Waals surface area contributed by atoms with Gasteiger partial charge in [-0.1, -0.05) is 43.9 Å². The van der Waals surface area contributed by atoms with Crippen molar-refractivity contribution >= 4 is 39.9 Å². The van der Waals surface area contributed by atoms with E-state index >= 15 is 0 Å².